The van der Waals surface area contributed by atoms with E-state index in [0.717, 1.165) is 7.48 Å². The summed E-state index contributed by atoms with van der Waals surface area (Å²) in [6.07, 6.45) is 0.0201. The van der Waals surface area contributed by atoms with E-state index in [1.165, 1.54) is 0 Å². The third-order valence-electron chi connectivity index (χ3n) is 1.99. The molecule has 1 radical (unpaired) electrons. The van der Waals surface area contributed by atoms with Crippen LogP contribution < -0.4 is 19.7 Å². The Labute approximate surface area is 96.4 Å². The van der Waals surface area contributed by atoms with Crippen molar-refractivity contribution in [1.82, 2.24) is 0 Å². The first-order chi connectivity index (χ1) is 7.62. The van der Waals surface area contributed by atoms with Crippen molar-refractivity contribution in [2.24, 2.45) is 0 Å². The Balaban J connectivity index is 3.20. The van der Waals surface area contributed by atoms with E-state index in [1.807, 2.05) is 13.8 Å². The van der Waals surface area contributed by atoms with E-state index in [4.69, 9.17) is 19.2 Å². The van der Waals surface area contributed by atoms with Crippen molar-refractivity contribution >= 4 is 12.9 Å². The highest BCUT2D eigenvalue weighted by Gasteiger charge is 2.15. The van der Waals surface area contributed by atoms with Gasteiger partial charge in [0.25, 0.3) is 0 Å². The molecule has 87 valence electrons. The molecule has 1 aromatic carbocycles. The normalized spacial score (nSPS) is 10.1. The van der Waals surface area contributed by atoms with Crippen molar-refractivity contribution in [2.45, 2.75) is 20.0 Å². The second kappa shape index (κ2) is 5.65. The predicted molar refractivity (Wildman–Crippen MR) is 62.9 cm³/mol. The van der Waals surface area contributed by atoms with Gasteiger partial charge in [-0.1, -0.05) is 0 Å². The second-order valence-electron chi connectivity index (χ2n) is 3.55. The van der Waals surface area contributed by atoms with E-state index >= 15 is 0 Å². The van der Waals surface area contributed by atoms with Crippen LogP contribution in [0.2, 0.25) is 0 Å². The molecule has 0 fully saturated rings. The topological polar surface area (TPSA) is 47.9 Å². The second-order valence-corrected chi connectivity index (χ2v) is 3.55. The number of hydrogen-bond donors (Lipinski definition) is 1. The predicted octanol–water partition coefficient (Wildman–Crippen LogP) is 0.728. The molecule has 0 saturated heterocycles. The molecule has 1 N–H and O–H groups in total. The van der Waals surface area contributed by atoms with Gasteiger partial charge in [0.1, 0.15) is 0 Å². The summed E-state index contributed by atoms with van der Waals surface area (Å²) in [7, 11) is 4.08. The zero-order valence-corrected chi connectivity index (χ0v) is 9.98. The molecule has 0 bridgehead atoms. The molecular formula is C11H16BO4. The first-order valence-electron chi connectivity index (χ1n) is 5.02. The average molecular weight is 223 g/mol. The zero-order valence-electron chi connectivity index (χ0n) is 9.98. The molecule has 0 unspecified atom stereocenters. The minimum Gasteiger partial charge on any atom is -0.493 e. The lowest BCUT2D eigenvalue weighted by atomic mass is 9.88. The molecule has 5 heteroatoms. The van der Waals surface area contributed by atoms with Gasteiger partial charge in [-0.05, 0) is 31.4 Å². The third kappa shape index (κ3) is 2.82. The van der Waals surface area contributed by atoms with Crippen LogP contribution in [0.3, 0.4) is 0 Å². The smallest absolute Gasteiger partial charge is 0.327 e. The molecule has 0 atom stereocenters. The number of methoxy groups -OCH3 is 2. The fourth-order valence-electron chi connectivity index (χ4n) is 1.33. The van der Waals surface area contributed by atoms with E-state index in [2.05, 4.69) is 0 Å². The summed E-state index contributed by atoms with van der Waals surface area (Å²) < 4.78 is 16.0. The Morgan fingerprint density at radius 1 is 1.12 bits per heavy atom. The zero-order chi connectivity index (χ0) is 12.1. The van der Waals surface area contributed by atoms with Crippen molar-refractivity contribution in [2.75, 3.05) is 14.2 Å². The van der Waals surface area contributed by atoms with Gasteiger partial charge < -0.3 is 19.2 Å². The molecule has 0 spiro atoms. The Morgan fingerprint density at radius 2 is 1.62 bits per heavy atom. The molecule has 16 heavy (non-hydrogen) atoms. The molecule has 0 aliphatic carbocycles. The van der Waals surface area contributed by atoms with E-state index in [-0.39, 0.29) is 6.10 Å². The summed E-state index contributed by atoms with van der Waals surface area (Å²) in [5, 5.41) is 8.97. The number of benzene rings is 1. The first kappa shape index (κ1) is 12.7. The fourth-order valence-corrected chi connectivity index (χ4v) is 1.33. The van der Waals surface area contributed by atoms with Gasteiger partial charge in [-0.15, -0.1) is 0 Å². The Hall–Kier alpha value is -1.36. The van der Waals surface area contributed by atoms with Crippen LogP contribution >= 0.6 is 0 Å². The summed E-state index contributed by atoms with van der Waals surface area (Å²) in [6, 6.07) is 3.36. The summed E-state index contributed by atoms with van der Waals surface area (Å²) in [4.78, 5) is 0. The Bertz CT molecular complexity index is 327. The third-order valence-corrected chi connectivity index (χ3v) is 1.99. The fraction of sp³-hybridized carbons (Fsp3) is 0.455. The molecule has 0 aliphatic rings. The van der Waals surface area contributed by atoms with Crippen LogP contribution in [-0.4, -0.2) is 32.8 Å². The quantitative estimate of drug-likeness (QED) is 0.747. The van der Waals surface area contributed by atoms with E-state index in [1.54, 1.807) is 26.4 Å². The van der Waals surface area contributed by atoms with Crippen LogP contribution in [0.25, 0.3) is 0 Å². The maximum absolute atomic E-state index is 8.97. The van der Waals surface area contributed by atoms with E-state index < -0.39 is 0 Å². The standard InChI is InChI=1S/C11H16BO4/c1-7(2)16-11-9(14-3)5-8(12-13)6-10(11)15-4/h5-7,13H,1-4H3. The molecule has 0 aliphatic heterocycles. The summed E-state index contributed by atoms with van der Waals surface area (Å²) in [5.41, 5.74) is 0.602. The van der Waals surface area contributed by atoms with Crippen LogP contribution in [0.5, 0.6) is 17.2 Å². The van der Waals surface area contributed by atoms with Crippen molar-refractivity contribution < 1.29 is 19.2 Å². The lowest BCUT2D eigenvalue weighted by molar-refractivity contribution is 0.218. The van der Waals surface area contributed by atoms with Crippen LogP contribution in [0.15, 0.2) is 12.1 Å². The van der Waals surface area contributed by atoms with E-state index in [0.29, 0.717) is 22.7 Å². The average Bonchev–Trinajstić information content (AvgIpc) is 2.28. The lowest BCUT2D eigenvalue weighted by Crippen LogP contribution is -2.16. The molecule has 1 aromatic rings. The maximum atomic E-state index is 8.97. The number of hydrogen-bond acceptors (Lipinski definition) is 4. The molecule has 1 rings (SSSR count). The highest BCUT2D eigenvalue weighted by atomic mass is 16.5. The van der Waals surface area contributed by atoms with Gasteiger partial charge in [0, 0.05) is 0 Å². The SMILES string of the molecule is COc1cc([B]O)cc(OC)c1OC(C)C. The molecule has 4 nitrogen and oxygen atoms in total. The van der Waals surface area contributed by atoms with E-state index in [9.17, 15) is 0 Å². The Kier molecular flexibility index (Phi) is 4.49. The minimum absolute atomic E-state index is 0.0201. The van der Waals surface area contributed by atoms with Gasteiger partial charge >= 0.3 is 7.48 Å². The molecule has 0 saturated carbocycles. The molecular weight excluding hydrogens is 207 g/mol. The monoisotopic (exact) mass is 223 g/mol. The van der Waals surface area contributed by atoms with Gasteiger partial charge in [0.15, 0.2) is 11.5 Å². The van der Waals surface area contributed by atoms with Gasteiger partial charge in [0.05, 0.1) is 20.3 Å². The first-order valence-corrected chi connectivity index (χ1v) is 5.02. The van der Waals surface area contributed by atoms with Crippen LogP contribution in [0.4, 0.5) is 0 Å². The largest absolute Gasteiger partial charge is 0.493 e. The summed E-state index contributed by atoms with van der Waals surface area (Å²) in [6.45, 7) is 3.84. The number of ether oxygens (including phenoxy) is 3. The summed E-state index contributed by atoms with van der Waals surface area (Å²) >= 11 is 0. The number of rotatable bonds is 5. The van der Waals surface area contributed by atoms with Crippen molar-refractivity contribution in [3.05, 3.63) is 12.1 Å². The highest BCUT2D eigenvalue weighted by Crippen LogP contribution is 2.36. The van der Waals surface area contributed by atoms with Gasteiger partial charge in [-0.25, -0.2) is 0 Å². The van der Waals surface area contributed by atoms with Gasteiger partial charge in [-0.3, -0.25) is 0 Å². The molecule has 0 heterocycles. The molecule has 0 aromatic heterocycles. The van der Waals surface area contributed by atoms with Crippen LogP contribution in [0.1, 0.15) is 13.8 Å². The van der Waals surface area contributed by atoms with Gasteiger partial charge in [-0.2, -0.15) is 0 Å². The summed E-state index contributed by atoms with van der Waals surface area (Å²) in [5.74, 6) is 1.62. The van der Waals surface area contributed by atoms with Crippen LogP contribution in [0, 0.1) is 0 Å². The van der Waals surface area contributed by atoms with Crippen LogP contribution in [-0.2, 0) is 0 Å². The molecule has 0 amide bonds. The maximum Gasteiger partial charge on any atom is 0.327 e. The van der Waals surface area contributed by atoms with Crippen molar-refractivity contribution in [3.63, 3.8) is 0 Å². The van der Waals surface area contributed by atoms with Gasteiger partial charge in [0.2, 0.25) is 5.75 Å². The lowest BCUT2D eigenvalue weighted by Gasteiger charge is -2.17. The van der Waals surface area contributed by atoms with Crippen molar-refractivity contribution in [3.8, 4) is 17.2 Å². The van der Waals surface area contributed by atoms with Crippen molar-refractivity contribution in [1.29, 1.82) is 0 Å². The highest BCUT2D eigenvalue weighted by molar-refractivity contribution is 6.45. The Morgan fingerprint density at radius 3 is 1.94 bits per heavy atom. The minimum atomic E-state index is 0.0201.